The number of hydrogen-bond donors (Lipinski definition) is 1. The summed E-state index contributed by atoms with van der Waals surface area (Å²) in [4.78, 5) is 11.8. The molecule has 3 rings (SSSR count). The second-order valence-corrected chi connectivity index (χ2v) is 8.02. The van der Waals surface area contributed by atoms with Crippen molar-refractivity contribution in [3.8, 4) is 5.69 Å². The predicted molar refractivity (Wildman–Crippen MR) is 92.8 cm³/mol. The number of sulfonamides is 1. The predicted octanol–water partition coefficient (Wildman–Crippen LogP) is 1.48. The third kappa shape index (κ3) is 4.47. The first-order valence-electron chi connectivity index (χ1n) is 8.29. The van der Waals surface area contributed by atoms with Crippen molar-refractivity contribution < 1.29 is 22.3 Å². The number of halogens is 1. The molecule has 0 amide bonds. The second kappa shape index (κ2) is 7.55. The first-order chi connectivity index (χ1) is 12.3. The van der Waals surface area contributed by atoms with Crippen molar-refractivity contribution >= 4 is 16.0 Å². The molecular weight excluding hydrogens is 361 g/mol. The Kier molecular flexibility index (Phi) is 5.38. The molecule has 0 fully saturated rings. The molecule has 0 atom stereocenters. The van der Waals surface area contributed by atoms with E-state index >= 15 is 0 Å². The fourth-order valence-electron chi connectivity index (χ4n) is 2.99. The molecule has 9 heteroatoms. The Hall–Kier alpha value is -2.26. The number of esters is 1. The van der Waals surface area contributed by atoms with Crippen molar-refractivity contribution in [2.24, 2.45) is 0 Å². The van der Waals surface area contributed by atoms with E-state index in [4.69, 9.17) is 4.74 Å². The number of nitrogens with one attached hydrogen (secondary N) is 1. The van der Waals surface area contributed by atoms with Crippen LogP contribution in [0.3, 0.4) is 0 Å². The lowest BCUT2D eigenvalue weighted by molar-refractivity contribution is -0.144. The van der Waals surface area contributed by atoms with E-state index in [-0.39, 0.29) is 25.4 Å². The number of rotatable bonds is 7. The summed E-state index contributed by atoms with van der Waals surface area (Å²) >= 11 is 0. The third-order valence-electron chi connectivity index (χ3n) is 4.15. The van der Waals surface area contributed by atoms with Gasteiger partial charge in [0.25, 0.3) is 0 Å². The van der Waals surface area contributed by atoms with Crippen LogP contribution in [0.25, 0.3) is 5.69 Å². The van der Waals surface area contributed by atoms with E-state index in [1.54, 1.807) is 16.8 Å². The van der Waals surface area contributed by atoms with Crippen molar-refractivity contribution in [1.29, 1.82) is 0 Å². The molecule has 2 aromatic rings. The van der Waals surface area contributed by atoms with E-state index in [0.29, 0.717) is 5.69 Å². The van der Waals surface area contributed by atoms with Crippen molar-refractivity contribution in [2.75, 3.05) is 12.8 Å². The monoisotopic (exact) mass is 381 g/mol. The maximum atomic E-state index is 13.1. The SMILES string of the molecule is CS(=O)(=O)NCCC(=O)OCc1nn(-c2ccc(F)cc2)c2c1CCC2. The summed E-state index contributed by atoms with van der Waals surface area (Å²) in [5.41, 5.74) is 3.57. The Labute approximate surface area is 151 Å². The second-order valence-electron chi connectivity index (χ2n) is 6.19. The Morgan fingerprint density at radius 2 is 2.04 bits per heavy atom. The lowest BCUT2D eigenvalue weighted by atomic mass is 10.2. The molecule has 1 N–H and O–H groups in total. The molecule has 0 saturated heterocycles. The molecule has 1 aliphatic rings. The van der Waals surface area contributed by atoms with Gasteiger partial charge in [-0.1, -0.05) is 0 Å². The number of hydrogen-bond acceptors (Lipinski definition) is 5. The quantitative estimate of drug-likeness (QED) is 0.734. The molecule has 7 nitrogen and oxygen atoms in total. The smallest absolute Gasteiger partial charge is 0.307 e. The number of nitrogens with zero attached hydrogens (tertiary/aromatic N) is 2. The van der Waals surface area contributed by atoms with E-state index < -0.39 is 16.0 Å². The highest BCUT2D eigenvalue weighted by atomic mass is 32.2. The summed E-state index contributed by atoms with van der Waals surface area (Å²) < 4.78 is 44.3. The summed E-state index contributed by atoms with van der Waals surface area (Å²) in [7, 11) is -3.33. The van der Waals surface area contributed by atoms with E-state index in [0.717, 1.165) is 42.5 Å². The van der Waals surface area contributed by atoms with Crippen molar-refractivity contribution in [1.82, 2.24) is 14.5 Å². The van der Waals surface area contributed by atoms with Gasteiger partial charge in [-0.2, -0.15) is 5.10 Å². The topological polar surface area (TPSA) is 90.3 Å². The van der Waals surface area contributed by atoms with Crippen LogP contribution >= 0.6 is 0 Å². The molecule has 1 heterocycles. The van der Waals surface area contributed by atoms with Gasteiger partial charge in [0, 0.05) is 17.8 Å². The highest BCUT2D eigenvalue weighted by molar-refractivity contribution is 7.88. The summed E-state index contributed by atoms with van der Waals surface area (Å²) in [5, 5.41) is 4.53. The summed E-state index contributed by atoms with van der Waals surface area (Å²) in [6.45, 7) is 0.0357. The van der Waals surface area contributed by atoms with Gasteiger partial charge in [-0.15, -0.1) is 0 Å². The van der Waals surface area contributed by atoms with Crippen LogP contribution in [-0.4, -0.2) is 37.0 Å². The summed E-state index contributed by atoms with van der Waals surface area (Å²) in [6, 6.07) is 6.08. The molecule has 0 radical (unpaired) electrons. The van der Waals surface area contributed by atoms with Gasteiger partial charge in [-0.3, -0.25) is 4.79 Å². The van der Waals surface area contributed by atoms with Gasteiger partial charge in [-0.25, -0.2) is 22.2 Å². The van der Waals surface area contributed by atoms with E-state index in [1.807, 2.05) is 0 Å². The van der Waals surface area contributed by atoms with Crippen LogP contribution in [0.2, 0.25) is 0 Å². The van der Waals surface area contributed by atoms with Crippen molar-refractivity contribution in [2.45, 2.75) is 32.3 Å². The molecule has 0 spiro atoms. The van der Waals surface area contributed by atoms with Crippen LogP contribution in [0.15, 0.2) is 24.3 Å². The number of ether oxygens (including phenoxy) is 1. The number of carbonyl (C=O) groups excluding carboxylic acids is 1. The maximum Gasteiger partial charge on any atom is 0.307 e. The highest BCUT2D eigenvalue weighted by Gasteiger charge is 2.23. The largest absolute Gasteiger partial charge is 0.459 e. The fourth-order valence-corrected chi connectivity index (χ4v) is 3.46. The zero-order valence-corrected chi connectivity index (χ0v) is 15.2. The van der Waals surface area contributed by atoms with Crippen molar-refractivity contribution in [3.05, 3.63) is 47.0 Å². The Morgan fingerprint density at radius 1 is 1.31 bits per heavy atom. The molecule has 0 aliphatic heterocycles. The average molecular weight is 381 g/mol. The minimum absolute atomic E-state index is 0.000205. The zero-order valence-electron chi connectivity index (χ0n) is 14.4. The fraction of sp³-hybridized carbons (Fsp3) is 0.412. The summed E-state index contributed by atoms with van der Waals surface area (Å²) in [6.07, 6.45) is 3.70. The molecule has 1 aromatic carbocycles. The van der Waals surface area contributed by atoms with Crippen LogP contribution in [0.1, 0.15) is 29.8 Å². The third-order valence-corrected chi connectivity index (χ3v) is 4.88. The van der Waals surface area contributed by atoms with Gasteiger partial charge in [-0.05, 0) is 43.5 Å². The van der Waals surface area contributed by atoms with Gasteiger partial charge in [0.15, 0.2) is 0 Å². The first-order valence-corrected chi connectivity index (χ1v) is 10.2. The van der Waals surface area contributed by atoms with Crippen molar-refractivity contribution in [3.63, 3.8) is 0 Å². The first kappa shape index (κ1) is 18.5. The zero-order chi connectivity index (χ0) is 18.7. The van der Waals surface area contributed by atoms with E-state index in [1.165, 1.54) is 12.1 Å². The van der Waals surface area contributed by atoms with Crippen LogP contribution in [0.5, 0.6) is 0 Å². The molecule has 0 bridgehead atoms. The maximum absolute atomic E-state index is 13.1. The van der Waals surface area contributed by atoms with Crippen LogP contribution in [0.4, 0.5) is 4.39 Å². The molecule has 0 saturated carbocycles. The lowest BCUT2D eigenvalue weighted by Crippen LogP contribution is -2.25. The number of benzene rings is 1. The van der Waals surface area contributed by atoms with Gasteiger partial charge >= 0.3 is 5.97 Å². The molecule has 1 aliphatic carbocycles. The van der Waals surface area contributed by atoms with Crippen LogP contribution < -0.4 is 4.72 Å². The van der Waals surface area contributed by atoms with E-state index in [9.17, 15) is 17.6 Å². The van der Waals surface area contributed by atoms with Gasteiger partial charge in [0.1, 0.15) is 18.1 Å². The molecule has 26 heavy (non-hydrogen) atoms. The highest BCUT2D eigenvalue weighted by Crippen LogP contribution is 2.28. The Morgan fingerprint density at radius 3 is 2.73 bits per heavy atom. The number of fused-ring (bicyclic) bond motifs is 1. The normalized spacial score (nSPS) is 13.6. The van der Waals surface area contributed by atoms with Gasteiger partial charge < -0.3 is 4.74 Å². The Bertz CT molecular complexity index is 907. The standard InChI is InChI=1S/C17H20FN3O4S/c1-26(23,24)19-10-9-17(22)25-11-15-14-3-2-4-16(14)21(20-15)13-7-5-12(18)6-8-13/h5-8,19H,2-4,9-11H2,1H3. The minimum atomic E-state index is -3.33. The molecule has 1 aromatic heterocycles. The number of aromatic nitrogens is 2. The Balaban J connectivity index is 1.66. The summed E-state index contributed by atoms with van der Waals surface area (Å²) in [5.74, 6) is -0.807. The minimum Gasteiger partial charge on any atom is -0.459 e. The van der Waals surface area contributed by atoms with Gasteiger partial charge in [0.05, 0.1) is 18.4 Å². The van der Waals surface area contributed by atoms with Gasteiger partial charge in [0.2, 0.25) is 10.0 Å². The average Bonchev–Trinajstić information content (AvgIpc) is 3.15. The lowest BCUT2D eigenvalue weighted by Gasteiger charge is -2.06. The van der Waals surface area contributed by atoms with E-state index in [2.05, 4.69) is 9.82 Å². The molecule has 140 valence electrons. The van der Waals surface area contributed by atoms with Crippen LogP contribution in [0, 0.1) is 5.82 Å². The molecule has 0 unspecified atom stereocenters. The number of carbonyl (C=O) groups is 1. The molecular formula is C17H20FN3O4S. The van der Waals surface area contributed by atoms with Crippen LogP contribution in [-0.2, 0) is 39.0 Å².